The van der Waals surface area contributed by atoms with Crippen LogP contribution in [0, 0.1) is 5.82 Å². The summed E-state index contributed by atoms with van der Waals surface area (Å²) in [6, 6.07) is 18.4. The van der Waals surface area contributed by atoms with Gasteiger partial charge in [-0.3, -0.25) is 9.10 Å². The summed E-state index contributed by atoms with van der Waals surface area (Å²) in [6.07, 6.45) is 5.19. The summed E-state index contributed by atoms with van der Waals surface area (Å²) in [4.78, 5) is 16.8. The molecule has 186 valence electrons. The lowest BCUT2D eigenvalue weighted by molar-refractivity contribution is -0.119. The number of rotatable bonds is 10. The molecule has 0 saturated heterocycles. The Bertz CT molecular complexity index is 1390. The summed E-state index contributed by atoms with van der Waals surface area (Å²) >= 11 is 0. The molecule has 1 heterocycles. The van der Waals surface area contributed by atoms with Crippen molar-refractivity contribution in [1.29, 1.82) is 0 Å². The van der Waals surface area contributed by atoms with Gasteiger partial charge in [0.05, 0.1) is 23.5 Å². The van der Waals surface area contributed by atoms with Gasteiger partial charge in [-0.05, 0) is 73.2 Å². The van der Waals surface area contributed by atoms with Gasteiger partial charge >= 0.3 is 0 Å². The van der Waals surface area contributed by atoms with E-state index >= 15 is 0 Å². The van der Waals surface area contributed by atoms with Crippen LogP contribution in [0.4, 0.5) is 10.1 Å². The molecule has 0 spiro atoms. The number of hydrogen-bond acceptors (Lipinski definition) is 5. The molecule has 1 aromatic heterocycles. The first-order chi connectivity index (χ1) is 17.4. The number of benzene rings is 3. The number of ether oxygens (including phenoxy) is 1. The number of anilines is 1. The predicted molar refractivity (Wildman–Crippen MR) is 134 cm³/mol. The summed E-state index contributed by atoms with van der Waals surface area (Å²) in [6.45, 7) is 2.01. The Labute approximate surface area is 209 Å². The average molecular weight is 509 g/mol. The summed E-state index contributed by atoms with van der Waals surface area (Å²) < 4.78 is 48.6. The topological polar surface area (TPSA) is 93.5 Å². The van der Waals surface area contributed by atoms with Gasteiger partial charge in [0, 0.05) is 24.6 Å². The van der Waals surface area contributed by atoms with E-state index in [1.54, 1.807) is 24.7 Å². The molecule has 4 rings (SSSR count). The van der Waals surface area contributed by atoms with Gasteiger partial charge in [0.2, 0.25) is 5.91 Å². The first-order valence-electron chi connectivity index (χ1n) is 11.2. The molecule has 0 aliphatic carbocycles. The molecule has 4 aromatic rings. The first-order valence-corrected chi connectivity index (χ1v) is 12.7. The molecule has 10 heteroatoms. The number of nitrogens with one attached hydrogen (secondary N) is 1. The van der Waals surface area contributed by atoms with Crippen molar-refractivity contribution < 1.29 is 22.3 Å². The molecule has 36 heavy (non-hydrogen) atoms. The molecular weight excluding hydrogens is 483 g/mol. The van der Waals surface area contributed by atoms with Crippen molar-refractivity contribution in [2.75, 3.05) is 17.5 Å². The van der Waals surface area contributed by atoms with Crippen molar-refractivity contribution in [3.05, 3.63) is 103 Å². The normalized spacial score (nSPS) is 11.2. The standard InChI is InChI=1S/C26H25FN4O4S/c1-2-35-24-11-13-25(14-12-24)36(33,34)31(23-9-5-21(27)6-10-23)18-26(32)29-17-20-3-7-22(8-4-20)30-16-15-28-19-30/h3-16,19H,2,17-18H2,1H3,(H,29,32). The third-order valence-electron chi connectivity index (χ3n) is 5.35. The van der Waals surface area contributed by atoms with Gasteiger partial charge in [0.1, 0.15) is 18.1 Å². The molecule has 0 bridgehead atoms. The van der Waals surface area contributed by atoms with Gasteiger partial charge in [0.15, 0.2) is 0 Å². The van der Waals surface area contributed by atoms with E-state index in [-0.39, 0.29) is 17.1 Å². The summed E-state index contributed by atoms with van der Waals surface area (Å²) in [7, 11) is -4.12. The average Bonchev–Trinajstić information content (AvgIpc) is 3.43. The second-order valence-corrected chi connectivity index (χ2v) is 9.67. The number of aromatic nitrogens is 2. The minimum Gasteiger partial charge on any atom is -0.494 e. The first kappa shape index (κ1) is 24.9. The lowest BCUT2D eigenvalue weighted by Crippen LogP contribution is -2.40. The van der Waals surface area contributed by atoms with Crippen LogP contribution in [-0.4, -0.2) is 37.0 Å². The molecule has 0 unspecified atom stereocenters. The highest BCUT2D eigenvalue weighted by Gasteiger charge is 2.27. The quantitative estimate of drug-likeness (QED) is 0.351. The van der Waals surface area contributed by atoms with Crippen LogP contribution in [0.15, 0.2) is 96.4 Å². The lowest BCUT2D eigenvalue weighted by Gasteiger charge is -2.24. The van der Waals surface area contributed by atoms with Gasteiger partial charge < -0.3 is 14.6 Å². The van der Waals surface area contributed by atoms with Crippen molar-refractivity contribution in [3.8, 4) is 11.4 Å². The van der Waals surface area contributed by atoms with Crippen LogP contribution >= 0.6 is 0 Å². The molecule has 0 saturated carbocycles. The minimum absolute atomic E-state index is 0.0156. The zero-order chi connectivity index (χ0) is 25.5. The van der Waals surface area contributed by atoms with Crippen molar-refractivity contribution in [3.63, 3.8) is 0 Å². The zero-order valence-electron chi connectivity index (χ0n) is 19.5. The van der Waals surface area contributed by atoms with E-state index in [0.717, 1.165) is 27.7 Å². The van der Waals surface area contributed by atoms with E-state index < -0.39 is 28.3 Å². The van der Waals surface area contributed by atoms with Crippen LogP contribution in [0.25, 0.3) is 5.69 Å². The van der Waals surface area contributed by atoms with Crippen molar-refractivity contribution >= 4 is 21.6 Å². The zero-order valence-corrected chi connectivity index (χ0v) is 20.4. The number of halogens is 1. The molecule has 0 aliphatic rings. The minimum atomic E-state index is -4.12. The smallest absolute Gasteiger partial charge is 0.264 e. The van der Waals surface area contributed by atoms with Gasteiger partial charge in [-0.2, -0.15) is 0 Å². The Morgan fingerprint density at radius 3 is 2.33 bits per heavy atom. The Kier molecular flexibility index (Phi) is 7.65. The number of hydrogen-bond donors (Lipinski definition) is 1. The van der Waals surface area contributed by atoms with Gasteiger partial charge in [-0.25, -0.2) is 17.8 Å². The van der Waals surface area contributed by atoms with Crippen LogP contribution < -0.4 is 14.4 Å². The number of nitrogens with zero attached hydrogens (tertiary/aromatic N) is 3. The number of amides is 1. The molecule has 0 fully saturated rings. The number of imidazole rings is 1. The van der Waals surface area contributed by atoms with Crippen molar-refractivity contribution in [2.24, 2.45) is 0 Å². The predicted octanol–water partition coefficient (Wildman–Crippen LogP) is 3.92. The molecule has 8 nitrogen and oxygen atoms in total. The maximum atomic E-state index is 13.5. The van der Waals surface area contributed by atoms with Crippen molar-refractivity contribution in [1.82, 2.24) is 14.9 Å². The summed E-state index contributed by atoms with van der Waals surface area (Å²) in [5.74, 6) is -0.491. The molecule has 1 N–H and O–H groups in total. The van der Waals surface area contributed by atoms with E-state index in [4.69, 9.17) is 4.74 Å². The summed E-state index contributed by atoms with van der Waals surface area (Å²) in [5, 5.41) is 2.76. The van der Waals surface area contributed by atoms with Crippen LogP contribution in [0.5, 0.6) is 5.75 Å². The van der Waals surface area contributed by atoms with E-state index in [2.05, 4.69) is 10.3 Å². The molecule has 1 amide bonds. The number of carbonyl (C=O) groups is 1. The largest absolute Gasteiger partial charge is 0.494 e. The highest BCUT2D eigenvalue weighted by molar-refractivity contribution is 7.92. The van der Waals surface area contributed by atoms with E-state index in [1.165, 1.54) is 24.3 Å². The number of sulfonamides is 1. The Hall–Kier alpha value is -4.18. The molecule has 3 aromatic carbocycles. The Morgan fingerprint density at radius 2 is 1.72 bits per heavy atom. The van der Waals surface area contributed by atoms with E-state index in [9.17, 15) is 17.6 Å². The van der Waals surface area contributed by atoms with Crippen LogP contribution in [-0.2, 0) is 21.4 Å². The van der Waals surface area contributed by atoms with E-state index in [1.807, 2.05) is 42.0 Å². The fourth-order valence-corrected chi connectivity index (χ4v) is 4.93. The van der Waals surface area contributed by atoms with Crippen LogP contribution in [0.1, 0.15) is 12.5 Å². The highest BCUT2D eigenvalue weighted by Crippen LogP contribution is 2.25. The van der Waals surface area contributed by atoms with E-state index in [0.29, 0.717) is 12.4 Å². The highest BCUT2D eigenvalue weighted by atomic mass is 32.2. The Balaban J connectivity index is 1.50. The molecule has 0 radical (unpaired) electrons. The lowest BCUT2D eigenvalue weighted by atomic mass is 10.2. The van der Waals surface area contributed by atoms with Crippen LogP contribution in [0.3, 0.4) is 0 Å². The van der Waals surface area contributed by atoms with Crippen molar-refractivity contribution in [2.45, 2.75) is 18.4 Å². The van der Waals surface area contributed by atoms with Crippen LogP contribution in [0.2, 0.25) is 0 Å². The fraction of sp³-hybridized carbons (Fsp3) is 0.154. The Morgan fingerprint density at radius 1 is 1.03 bits per heavy atom. The second-order valence-electron chi connectivity index (χ2n) is 7.81. The third-order valence-corrected chi connectivity index (χ3v) is 7.14. The molecule has 0 atom stereocenters. The number of carbonyl (C=O) groups excluding carboxylic acids is 1. The van der Waals surface area contributed by atoms with Gasteiger partial charge in [-0.1, -0.05) is 12.1 Å². The molecule has 0 aliphatic heterocycles. The SMILES string of the molecule is CCOc1ccc(S(=O)(=O)N(CC(=O)NCc2ccc(-n3ccnc3)cc2)c2ccc(F)cc2)cc1. The maximum absolute atomic E-state index is 13.5. The molecular formula is C26H25FN4O4S. The van der Waals surface area contributed by atoms with Gasteiger partial charge in [0.25, 0.3) is 10.0 Å². The van der Waals surface area contributed by atoms with Gasteiger partial charge in [-0.15, -0.1) is 0 Å². The maximum Gasteiger partial charge on any atom is 0.264 e. The second kappa shape index (κ2) is 11.0. The third kappa shape index (κ3) is 5.89. The fourth-order valence-electron chi connectivity index (χ4n) is 3.51. The summed E-state index contributed by atoms with van der Waals surface area (Å²) in [5.41, 5.74) is 1.94. The monoisotopic (exact) mass is 508 g/mol.